The summed E-state index contributed by atoms with van der Waals surface area (Å²) in [6.07, 6.45) is 3.06. The third-order valence-corrected chi connectivity index (χ3v) is 3.80. The maximum atomic E-state index is 12.0. The lowest BCUT2D eigenvalue weighted by atomic mass is 10.0. The molecule has 2 rings (SSSR count). The molecule has 0 spiro atoms. The van der Waals surface area contributed by atoms with Crippen LogP contribution in [-0.4, -0.2) is 18.9 Å². The van der Waals surface area contributed by atoms with E-state index in [0.29, 0.717) is 17.2 Å². The standard InChI is InChI=1S/C21H22O4/c1-14(2)17-8-5-16(6-9-17)7-12-21(23)25-19-11-10-18(15(3)22)13-20(19)24-4/h5-14H,1-4H3/b12-7+. The zero-order valence-electron chi connectivity index (χ0n) is 14.9. The molecule has 4 heteroatoms. The van der Waals surface area contributed by atoms with Crippen LogP contribution < -0.4 is 9.47 Å². The average Bonchev–Trinajstić information content (AvgIpc) is 2.60. The fourth-order valence-corrected chi connectivity index (χ4v) is 2.27. The fraction of sp³-hybridized carbons (Fsp3) is 0.238. The third-order valence-electron chi connectivity index (χ3n) is 3.80. The smallest absolute Gasteiger partial charge is 0.336 e. The van der Waals surface area contributed by atoms with Crippen molar-refractivity contribution in [2.24, 2.45) is 0 Å². The van der Waals surface area contributed by atoms with Crippen LogP contribution in [0, 0.1) is 0 Å². The molecule has 0 atom stereocenters. The van der Waals surface area contributed by atoms with Crippen LogP contribution in [0.25, 0.3) is 6.08 Å². The van der Waals surface area contributed by atoms with Crippen molar-refractivity contribution in [2.75, 3.05) is 7.11 Å². The van der Waals surface area contributed by atoms with Gasteiger partial charge in [-0.1, -0.05) is 38.1 Å². The van der Waals surface area contributed by atoms with Gasteiger partial charge in [0.1, 0.15) is 0 Å². The summed E-state index contributed by atoms with van der Waals surface area (Å²) in [6, 6.07) is 12.7. The number of hydrogen-bond donors (Lipinski definition) is 0. The van der Waals surface area contributed by atoms with Gasteiger partial charge in [0.25, 0.3) is 0 Å². The molecule has 0 amide bonds. The van der Waals surface area contributed by atoms with Crippen LogP contribution >= 0.6 is 0 Å². The molecule has 0 radical (unpaired) electrons. The first-order valence-corrected chi connectivity index (χ1v) is 8.09. The number of carbonyl (C=O) groups excluding carboxylic acids is 2. The molecule has 0 saturated heterocycles. The van der Waals surface area contributed by atoms with Gasteiger partial charge in [0.05, 0.1) is 7.11 Å². The predicted octanol–water partition coefficient (Wildman–Crippen LogP) is 4.64. The van der Waals surface area contributed by atoms with E-state index in [0.717, 1.165) is 5.56 Å². The minimum atomic E-state index is -0.512. The highest BCUT2D eigenvalue weighted by molar-refractivity contribution is 5.95. The highest BCUT2D eigenvalue weighted by Gasteiger charge is 2.10. The van der Waals surface area contributed by atoms with Crippen molar-refractivity contribution >= 4 is 17.8 Å². The first-order valence-electron chi connectivity index (χ1n) is 8.09. The van der Waals surface area contributed by atoms with E-state index in [4.69, 9.17) is 9.47 Å². The van der Waals surface area contributed by atoms with Gasteiger partial charge < -0.3 is 9.47 Å². The Kier molecular flexibility index (Phi) is 6.12. The van der Waals surface area contributed by atoms with Gasteiger partial charge in [0, 0.05) is 11.6 Å². The van der Waals surface area contributed by atoms with E-state index in [2.05, 4.69) is 13.8 Å². The van der Waals surface area contributed by atoms with Crippen LogP contribution in [0.2, 0.25) is 0 Å². The molecular formula is C21H22O4. The Labute approximate surface area is 148 Å². The van der Waals surface area contributed by atoms with Gasteiger partial charge in [0.2, 0.25) is 0 Å². The molecule has 0 aliphatic carbocycles. The van der Waals surface area contributed by atoms with E-state index < -0.39 is 5.97 Å². The van der Waals surface area contributed by atoms with Gasteiger partial charge in [-0.05, 0) is 48.2 Å². The van der Waals surface area contributed by atoms with E-state index in [-0.39, 0.29) is 11.5 Å². The van der Waals surface area contributed by atoms with E-state index in [1.54, 1.807) is 24.3 Å². The molecule has 4 nitrogen and oxygen atoms in total. The Morgan fingerprint density at radius 2 is 1.68 bits per heavy atom. The number of ketones is 1. The summed E-state index contributed by atoms with van der Waals surface area (Å²) in [5, 5.41) is 0. The lowest BCUT2D eigenvalue weighted by Gasteiger charge is -2.09. The molecule has 0 saturated carbocycles. The summed E-state index contributed by atoms with van der Waals surface area (Å²) < 4.78 is 10.5. The highest BCUT2D eigenvalue weighted by atomic mass is 16.6. The van der Waals surface area contributed by atoms with E-state index >= 15 is 0 Å². The first kappa shape index (κ1) is 18.5. The minimum absolute atomic E-state index is 0.0825. The Morgan fingerprint density at radius 3 is 2.24 bits per heavy atom. The van der Waals surface area contributed by atoms with E-state index in [1.165, 1.54) is 25.7 Å². The topological polar surface area (TPSA) is 52.6 Å². The molecule has 0 aliphatic rings. The van der Waals surface area contributed by atoms with Crippen LogP contribution in [0.5, 0.6) is 11.5 Å². The van der Waals surface area contributed by atoms with Crippen LogP contribution in [-0.2, 0) is 4.79 Å². The zero-order valence-corrected chi connectivity index (χ0v) is 14.9. The molecule has 0 bridgehead atoms. The third kappa shape index (κ3) is 5.05. The molecule has 0 N–H and O–H groups in total. The largest absolute Gasteiger partial charge is 0.493 e. The molecule has 0 aliphatic heterocycles. The van der Waals surface area contributed by atoms with Gasteiger partial charge in [0.15, 0.2) is 17.3 Å². The van der Waals surface area contributed by atoms with Crippen LogP contribution in [0.1, 0.15) is 48.2 Å². The van der Waals surface area contributed by atoms with Gasteiger partial charge in [-0.25, -0.2) is 4.79 Å². The monoisotopic (exact) mass is 338 g/mol. The number of rotatable bonds is 6. The summed E-state index contributed by atoms with van der Waals surface area (Å²) >= 11 is 0. The lowest BCUT2D eigenvalue weighted by Crippen LogP contribution is -2.05. The van der Waals surface area contributed by atoms with Crippen LogP contribution in [0.4, 0.5) is 0 Å². The predicted molar refractivity (Wildman–Crippen MR) is 98.2 cm³/mol. The number of hydrogen-bond acceptors (Lipinski definition) is 4. The van der Waals surface area contributed by atoms with Crippen molar-refractivity contribution < 1.29 is 19.1 Å². The normalized spacial score (nSPS) is 10.9. The van der Waals surface area contributed by atoms with Gasteiger partial charge in [-0.2, -0.15) is 0 Å². The summed E-state index contributed by atoms with van der Waals surface area (Å²) in [5.74, 6) is 0.490. The molecule has 0 fully saturated rings. The van der Waals surface area contributed by atoms with Crippen molar-refractivity contribution in [3.63, 3.8) is 0 Å². The number of benzene rings is 2. The Bertz CT molecular complexity index is 786. The Balaban J connectivity index is 2.08. The molecule has 0 heterocycles. The highest BCUT2D eigenvalue weighted by Crippen LogP contribution is 2.28. The molecule has 25 heavy (non-hydrogen) atoms. The average molecular weight is 338 g/mol. The van der Waals surface area contributed by atoms with Gasteiger partial charge >= 0.3 is 5.97 Å². The Hall–Kier alpha value is -2.88. The van der Waals surface area contributed by atoms with Gasteiger partial charge in [-0.3, -0.25) is 4.79 Å². The van der Waals surface area contributed by atoms with Crippen molar-refractivity contribution in [1.29, 1.82) is 0 Å². The number of Topliss-reactive ketones (excluding diaryl/α,β-unsaturated/α-hetero) is 1. The maximum Gasteiger partial charge on any atom is 0.336 e. The number of carbonyl (C=O) groups is 2. The SMILES string of the molecule is COc1cc(C(C)=O)ccc1OC(=O)/C=C/c1ccc(C(C)C)cc1. The van der Waals surface area contributed by atoms with E-state index in [9.17, 15) is 9.59 Å². The zero-order chi connectivity index (χ0) is 18.4. The fourth-order valence-electron chi connectivity index (χ4n) is 2.27. The van der Waals surface area contributed by atoms with Gasteiger partial charge in [-0.15, -0.1) is 0 Å². The minimum Gasteiger partial charge on any atom is -0.493 e. The number of methoxy groups -OCH3 is 1. The summed E-state index contributed by atoms with van der Waals surface area (Å²) in [4.78, 5) is 23.4. The van der Waals surface area contributed by atoms with Crippen LogP contribution in [0.3, 0.4) is 0 Å². The van der Waals surface area contributed by atoms with Crippen molar-refractivity contribution in [3.05, 3.63) is 65.2 Å². The Morgan fingerprint density at radius 1 is 1.00 bits per heavy atom. The quantitative estimate of drug-likeness (QED) is 0.333. The molecular weight excluding hydrogens is 316 g/mol. The van der Waals surface area contributed by atoms with Crippen LogP contribution in [0.15, 0.2) is 48.5 Å². The summed E-state index contributed by atoms with van der Waals surface area (Å²) in [5.41, 5.74) is 2.66. The van der Waals surface area contributed by atoms with Crippen molar-refractivity contribution in [3.8, 4) is 11.5 Å². The van der Waals surface area contributed by atoms with Crippen molar-refractivity contribution in [1.82, 2.24) is 0 Å². The van der Waals surface area contributed by atoms with E-state index in [1.807, 2.05) is 24.3 Å². The number of esters is 1. The molecule has 0 unspecified atom stereocenters. The molecule has 0 aromatic heterocycles. The molecule has 2 aromatic rings. The van der Waals surface area contributed by atoms with Crippen molar-refractivity contribution in [2.45, 2.75) is 26.7 Å². The molecule has 130 valence electrons. The lowest BCUT2D eigenvalue weighted by molar-refractivity contribution is -0.129. The maximum absolute atomic E-state index is 12.0. The molecule has 2 aromatic carbocycles. The summed E-state index contributed by atoms with van der Waals surface area (Å²) in [7, 11) is 1.46. The second kappa shape index (κ2) is 8.29. The first-order chi connectivity index (χ1) is 11.9. The second-order valence-corrected chi connectivity index (χ2v) is 6.00. The number of ether oxygens (including phenoxy) is 2. The second-order valence-electron chi connectivity index (χ2n) is 6.00. The summed E-state index contributed by atoms with van der Waals surface area (Å²) in [6.45, 7) is 5.73.